The Bertz CT molecular complexity index is 2230. The van der Waals surface area contributed by atoms with Gasteiger partial charge in [-0.25, -0.2) is 0 Å². The maximum absolute atomic E-state index is 13.5. The standard InChI is InChI=1S/C44H48F6O8S2/c1-3-5-7-9-11-13-27-53-33-19-15-31(16-20-33)41-38-26-24-36(56-60(51,52)44(48,49)50)30-40(38)42(32-17-21-34(22-18-32)54-28-14-12-10-8-6-4-2)37-25-23-35(29-39(37)41)55-59-58-57-43(45,46)47/h15-26,29-30H,3-14,27-28H2,1-2H3. The lowest BCUT2D eigenvalue weighted by Crippen LogP contribution is -2.28. The van der Waals surface area contributed by atoms with Gasteiger partial charge in [-0.1, -0.05) is 102 Å². The van der Waals surface area contributed by atoms with E-state index in [1.54, 1.807) is 48.5 Å². The quantitative estimate of drug-likeness (QED) is 0.00878. The highest BCUT2D eigenvalue weighted by molar-refractivity contribution is 7.90. The van der Waals surface area contributed by atoms with Gasteiger partial charge in [-0.2, -0.15) is 21.6 Å². The summed E-state index contributed by atoms with van der Waals surface area (Å²) in [4.78, 5) is 3.35. The van der Waals surface area contributed by atoms with Crippen molar-refractivity contribution >= 4 is 44.0 Å². The zero-order chi connectivity index (χ0) is 43.2. The fourth-order valence-electron chi connectivity index (χ4n) is 6.77. The van der Waals surface area contributed by atoms with Crippen molar-refractivity contribution < 1.29 is 61.8 Å². The zero-order valence-corrected chi connectivity index (χ0v) is 35.0. The van der Waals surface area contributed by atoms with E-state index in [0.29, 0.717) is 68.5 Å². The second-order valence-corrected chi connectivity index (χ2v) is 16.2. The Morgan fingerprint density at radius 3 is 1.38 bits per heavy atom. The zero-order valence-electron chi connectivity index (χ0n) is 33.3. The molecule has 5 rings (SSSR count). The van der Waals surface area contributed by atoms with Crippen molar-refractivity contribution in [3.8, 4) is 45.3 Å². The summed E-state index contributed by atoms with van der Waals surface area (Å²) in [5.74, 6) is 0.734. The van der Waals surface area contributed by atoms with Gasteiger partial charge < -0.3 is 17.8 Å². The smallest absolute Gasteiger partial charge is 0.494 e. The molecule has 5 aromatic carbocycles. The van der Waals surface area contributed by atoms with Crippen LogP contribution in [0.1, 0.15) is 90.9 Å². The van der Waals surface area contributed by atoms with Gasteiger partial charge >= 0.3 is 22.0 Å². The Morgan fingerprint density at radius 1 is 0.517 bits per heavy atom. The van der Waals surface area contributed by atoms with Crippen molar-refractivity contribution in [3.63, 3.8) is 0 Å². The molecular formula is C44H48F6O8S2. The summed E-state index contributed by atoms with van der Waals surface area (Å²) in [6.07, 6.45) is 8.10. The van der Waals surface area contributed by atoms with Crippen LogP contribution in [0.25, 0.3) is 43.8 Å². The third kappa shape index (κ3) is 13.3. The lowest BCUT2D eigenvalue weighted by molar-refractivity contribution is -0.441. The van der Waals surface area contributed by atoms with Gasteiger partial charge in [-0.3, -0.25) is 0 Å². The van der Waals surface area contributed by atoms with Crippen molar-refractivity contribution in [2.45, 2.75) is 103 Å². The topological polar surface area (TPSA) is 89.5 Å². The van der Waals surface area contributed by atoms with Gasteiger partial charge in [0.1, 0.15) is 23.0 Å². The minimum Gasteiger partial charge on any atom is -0.494 e. The van der Waals surface area contributed by atoms with E-state index in [9.17, 15) is 34.8 Å². The average molecular weight is 883 g/mol. The molecule has 0 saturated carbocycles. The molecule has 0 aromatic heterocycles. The highest BCUT2D eigenvalue weighted by Gasteiger charge is 2.48. The SMILES string of the molecule is CCCCCCCCOc1ccc(-c2c3ccc(OS(=O)(=O)C(F)(F)F)cc3c(-c3ccc(OCCCCCCCC)cc3)c3ccc(OSOOC(F)(F)F)cc23)cc1. The van der Waals surface area contributed by atoms with Crippen LogP contribution in [0.15, 0.2) is 84.9 Å². The number of fused-ring (bicyclic) bond motifs is 2. The molecule has 8 nitrogen and oxygen atoms in total. The molecule has 0 aliphatic carbocycles. The van der Waals surface area contributed by atoms with Crippen LogP contribution in [-0.4, -0.2) is 33.5 Å². The molecule has 5 aromatic rings. The van der Waals surface area contributed by atoms with E-state index in [2.05, 4.69) is 27.3 Å². The van der Waals surface area contributed by atoms with E-state index < -0.39 is 27.7 Å². The highest BCUT2D eigenvalue weighted by atomic mass is 32.2. The summed E-state index contributed by atoms with van der Waals surface area (Å²) in [5, 5.41) is 1.91. The number of hydrogen-bond acceptors (Lipinski definition) is 9. The molecule has 0 aliphatic heterocycles. The second-order valence-electron chi connectivity index (χ2n) is 14.2. The molecule has 60 heavy (non-hydrogen) atoms. The van der Waals surface area contributed by atoms with Crippen LogP contribution in [0, 0.1) is 0 Å². The largest absolute Gasteiger partial charge is 0.550 e. The van der Waals surface area contributed by atoms with E-state index in [1.165, 1.54) is 43.9 Å². The van der Waals surface area contributed by atoms with Gasteiger partial charge in [0.25, 0.3) is 12.3 Å². The summed E-state index contributed by atoms with van der Waals surface area (Å²) in [6.45, 7) is 5.36. The predicted molar refractivity (Wildman–Crippen MR) is 222 cm³/mol. The molecule has 0 atom stereocenters. The first-order valence-corrected chi connectivity index (χ1v) is 22.0. The molecule has 0 N–H and O–H groups in total. The third-order valence-corrected chi connectivity index (χ3v) is 11.0. The average Bonchev–Trinajstić information content (AvgIpc) is 3.20. The summed E-state index contributed by atoms with van der Waals surface area (Å²) < 4.78 is 128. The van der Waals surface area contributed by atoms with Gasteiger partial charge in [0.2, 0.25) is 0 Å². The minimum atomic E-state index is -6.01. The van der Waals surface area contributed by atoms with Gasteiger partial charge in [0.05, 0.1) is 13.2 Å². The Balaban J connectivity index is 1.58. The fourth-order valence-corrected chi connectivity index (χ4v) is 7.54. The Labute approximate surface area is 350 Å². The summed E-state index contributed by atoms with van der Waals surface area (Å²) in [7, 11) is -6.01. The lowest BCUT2D eigenvalue weighted by atomic mass is 9.85. The van der Waals surface area contributed by atoms with Gasteiger partial charge in [-0.15, -0.1) is 22.4 Å². The van der Waals surface area contributed by atoms with Gasteiger partial charge in [0.15, 0.2) is 0 Å². The summed E-state index contributed by atoms with van der Waals surface area (Å²) in [5.41, 5.74) is -3.39. The molecule has 0 bridgehead atoms. The monoisotopic (exact) mass is 882 g/mol. The molecule has 0 amide bonds. The maximum atomic E-state index is 13.5. The van der Waals surface area contributed by atoms with Crippen molar-refractivity contribution in [1.29, 1.82) is 0 Å². The summed E-state index contributed by atoms with van der Waals surface area (Å²) in [6, 6.07) is 22.8. The van der Waals surface area contributed by atoms with Crippen LogP contribution in [0.3, 0.4) is 0 Å². The molecule has 0 spiro atoms. The lowest BCUT2D eigenvalue weighted by Gasteiger charge is -2.20. The molecule has 0 heterocycles. The first kappa shape index (κ1) is 46.7. The molecule has 326 valence electrons. The van der Waals surface area contributed by atoms with Gasteiger partial charge in [0, 0.05) is 0 Å². The van der Waals surface area contributed by atoms with E-state index in [-0.39, 0.29) is 18.1 Å². The third-order valence-electron chi connectivity index (χ3n) is 9.65. The van der Waals surface area contributed by atoms with Crippen LogP contribution < -0.4 is 17.8 Å². The molecule has 0 fully saturated rings. The number of alkyl halides is 6. The number of ether oxygens (including phenoxy) is 2. The van der Waals surface area contributed by atoms with Crippen LogP contribution in [0.2, 0.25) is 0 Å². The van der Waals surface area contributed by atoms with Crippen LogP contribution in [0.5, 0.6) is 23.0 Å². The van der Waals surface area contributed by atoms with E-state index in [1.807, 2.05) is 12.1 Å². The Morgan fingerprint density at radius 2 is 0.933 bits per heavy atom. The van der Waals surface area contributed by atoms with Crippen molar-refractivity contribution in [2.24, 2.45) is 0 Å². The number of unbranched alkanes of at least 4 members (excludes halogenated alkanes) is 10. The van der Waals surface area contributed by atoms with Gasteiger partial charge in [-0.05, 0) is 117 Å². The normalized spacial score (nSPS) is 12.3. The summed E-state index contributed by atoms with van der Waals surface area (Å²) >= 11 is -0.0503. The fraction of sp³-hybridized carbons (Fsp3) is 0.409. The number of halogens is 6. The molecule has 0 unspecified atom stereocenters. The Kier molecular flexibility index (Phi) is 17.1. The van der Waals surface area contributed by atoms with E-state index in [4.69, 9.17) is 13.7 Å². The first-order valence-electron chi connectivity index (χ1n) is 20.0. The molecule has 0 radical (unpaired) electrons. The predicted octanol–water partition coefficient (Wildman–Crippen LogP) is 14.4. The highest BCUT2D eigenvalue weighted by Crippen LogP contribution is 2.47. The molecule has 0 aliphatic rings. The van der Waals surface area contributed by atoms with E-state index >= 15 is 0 Å². The second kappa shape index (κ2) is 21.9. The van der Waals surface area contributed by atoms with Crippen molar-refractivity contribution in [1.82, 2.24) is 0 Å². The van der Waals surface area contributed by atoms with Crippen molar-refractivity contribution in [3.05, 3.63) is 84.9 Å². The van der Waals surface area contributed by atoms with Crippen LogP contribution in [-0.2, 0) is 19.3 Å². The first-order chi connectivity index (χ1) is 28.7. The molecule has 16 heteroatoms. The number of hydrogen-bond donors (Lipinski definition) is 0. The molecular weight excluding hydrogens is 835 g/mol. The van der Waals surface area contributed by atoms with E-state index in [0.717, 1.165) is 57.4 Å². The maximum Gasteiger partial charge on any atom is 0.550 e. The number of rotatable bonds is 24. The molecule has 0 saturated heterocycles. The van der Waals surface area contributed by atoms with Crippen LogP contribution in [0.4, 0.5) is 26.3 Å². The Hall–Kier alpha value is -4.38. The minimum absolute atomic E-state index is 0.0503. The number of benzene rings is 5. The van der Waals surface area contributed by atoms with Crippen LogP contribution >= 0.6 is 12.3 Å². The van der Waals surface area contributed by atoms with Crippen molar-refractivity contribution in [2.75, 3.05) is 13.2 Å².